The predicted octanol–water partition coefficient (Wildman–Crippen LogP) is 2.83. The van der Waals surface area contributed by atoms with Crippen molar-refractivity contribution in [2.75, 3.05) is 24.5 Å². The van der Waals surface area contributed by atoms with Crippen LogP contribution in [0, 0.1) is 0 Å². The normalized spacial score (nSPS) is 15.8. The Kier molecular flexibility index (Phi) is 4.43. The standard InChI is InChI=1S/C15H24N2/c1-13(2)16-10-12-17-11-6-5-8-14-7-3-4-9-15(14)17/h3-4,7,9,13,16H,5-6,8,10-12H2,1-2H3. The van der Waals surface area contributed by atoms with E-state index in [9.17, 15) is 0 Å². The predicted molar refractivity (Wildman–Crippen MR) is 74.7 cm³/mol. The maximum atomic E-state index is 3.50. The number of para-hydroxylation sites is 1. The number of aryl methyl sites for hydroxylation is 1. The first-order valence-corrected chi connectivity index (χ1v) is 6.83. The zero-order valence-electron chi connectivity index (χ0n) is 11.1. The van der Waals surface area contributed by atoms with E-state index in [2.05, 4.69) is 48.3 Å². The summed E-state index contributed by atoms with van der Waals surface area (Å²) in [5.41, 5.74) is 2.98. The van der Waals surface area contributed by atoms with Crippen molar-refractivity contribution in [2.45, 2.75) is 39.2 Å². The number of anilines is 1. The molecule has 1 aliphatic heterocycles. The zero-order chi connectivity index (χ0) is 12.1. The summed E-state index contributed by atoms with van der Waals surface area (Å²) in [7, 11) is 0. The van der Waals surface area contributed by atoms with Crippen molar-refractivity contribution in [3.8, 4) is 0 Å². The first-order valence-electron chi connectivity index (χ1n) is 6.83. The quantitative estimate of drug-likeness (QED) is 0.858. The molecular formula is C15H24N2. The average molecular weight is 232 g/mol. The van der Waals surface area contributed by atoms with Crippen LogP contribution in [0.5, 0.6) is 0 Å². The molecule has 1 N–H and O–H groups in total. The first-order chi connectivity index (χ1) is 8.27. The van der Waals surface area contributed by atoms with E-state index < -0.39 is 0 Å². The summed E-state index contributed by atoms with van der Waals surface area (Å²) in [5.74, 6) is 0. The lowest BCUT2D eigenvalue weighted by atomic mass is 10.1. The largest absolute Gasteiger partial charge is 0.370 e. The Morgan fingerprint density at radius 1 is 1.24 bits per heavy atom. The summed E-state index contributed by atoms with van der Waals surface area (Å²) in [6.45, 7) is 7.81. The summed E-state index contributed by atoms with van der Waals surface area (Å²) in [6, 6.07) is 9.46. The van der Waals surface area contributed by atoms with Crippen LogP contribution < -0.4 is 10.2 Å². The van der Waals surface area contributed by atoms with E-state index in [4.69, 9.17) is 0 Å². The summed E-state index contributed by atoms with van der Waals surface area (Å²) >= 11 is 0. The van der Waals surface area contributed by atoms with Crippen LogP contribution in [-0.4, -0.2) is 25.7 Å². The SMILES string of the molecule is CC(C)NCCN1CCCCc2ccccc21. The van der Waals surface area contributed by atoms with E-state index in [1.807, 2.05) is 0 Å². The van der Waals surface area contributed by atoms with Crippen LogP contribution in [0.25, 0.3) is 0 Å². The Morgan fingerprint density at radius 3 is 2.88 bits per heavy atom. The van der Waals surface area contributed by atoms with Crippen LogP contribution in [0.4, 0.5) is 5.69 Å². The maximum absolute atomic E-state index is 3.50. The summed E-state index contributed by atoms with van der Waals surface area (Å²) in [6.07, 6.45) is 3.88. The molecule has 0 bridgehead atoms. The monoisotopic (exact) mass is 232 g/mol. The lowest BCUT2D eigenvalue weighted by molar-refractivity contribution is 0.578. The molecule has 94 valence electrons. The number of nitrogens with zero attached hydrogens (tertiary/aromatic N) is 1. The van der Waals surface area contributed by atoms with E-state index >= 15 is 0 Å². The molecule has 0 amide bonds. The minimum atomic E-state index is 0.581. The van der Waals surface area contributed by atoms with E-state index in [1.54, 1.807) is 0 Å². The van der Waals surface area contributed by atoms with Crippen molar-refractivity contribution < 1.29 is 0 Å². The van der Waals surface area contributed by atoms with Crippen molar-refractivity contribution >= 4 is 5.69 Å². The fourth-order valence-electron chi connectivity index (χ4n) is 2.49. The third kappa shape index (κ3) is 3.47. The van der Waals surface area contributed by atoms with E-state index in [1.165, 1.54) is 37.1 Å². The minimum absolute atomic E-state index is 0.581. The lowest BCUT2D eigenvalue weighted by Crippen LogP contribution is -2.35. The van der Waals surface area contributed by atoms with Gasteiger partial charge in [0.2, 0.25) is 0 Å². The van der Waals surface area contributed by atoms with Gasteiger partial charge in [-0.25, -0.2) is 0 Å². The van der Waals surface area contributed by atoms with Gasteiger partial charge in [0.25, 0.3) is 0 Å². The Morgan fingerprint density at radius 2 is 2.06 bits per heavy atom. The number of hydrogen-bond acceptors (Lipinski definition) is 2. The van der Waals surface area contributed by atoms with Crippen LogP contribution >= 0.6 is 0 Å². The van der Waals surface area contributed by atoms with Gasteiger partial charge in [0.05, 0.1) is 0 Å². The Labute approximate surface area is 105 Å². The van der Waals surface area contributed by atoms with Gasteiger partial charge >= 0.3 is 0 Å². The van der Waals surface area contributed by atoms with Gasteiger partial charge in [0, 0.05) is 31.4 Å². The molecule has 0 spiro atoms. The maximum Gasteiger partial charge on any atom is 0.0399 e. The molecule has 2 nitrogen and oxygen atoms in total. The number of fused-ring (bicyclic) bond motifs is 1. The number of hydrogen-bond donors (Lipinski definition) is 1. The summed E-state index contributed by atoms with van der Waals surface area (Å²) in [5, 5.41) is 3.50. The smallest absolute Gasteiger partial charge is 0.0399 e. The average Bonchev–Trinajstić information content (AvgIpc) is 2.52. The van der Waals surface area contributed by atoms with Gasteiger partial charge in [0.1, 0.15) is 0 Å². The van der Waals surface area contributed by atoms with Crippen LogP contribution in [0.1, 0.15) is 32.3 Å². The van der Waals surface area contributed by atoms with Crippen LogP contribution in [-0.2, 0) is 6.42 Å². The number of benzene rings is 1. The highest BCUT2D eigenvalue weighted by atomic mass is 15.1. The van der Waals surface area contributed by atoms with E-state index in [0.717, 1.165) is 13.1 Å². The first kappa shape index (κ1) is 12.4. The molecule has 2 rings (SSSR count). The van der Waals surface area contributed by atoms with Crippen LogP contribution in [0.2, 0.25) is 0 Å². The molecule has 0 aromatic heterocycles. The molecule has 0 aliphatic carbocycles. The second-order valence-corrected chi connectivity index (χ2v) is 5.18. The molecular weight excluding hydrogens is 208 g/mol. The van der Waals surface area contributed by atoms with Crippen molar-refractivity contribution in [1.82, 2.24) is 5.32 Å². The highest BCUT2D eigenvalue weighted by Crippen LogP contribution is 2.25. The third-order valence-corrected chi connectivity index (χ3v) is 3.39. The van der Waals surface area contributed by atoms with Gasteiger partial charge in [-0.1, -0.05) is 32.0 Å². The second kappa shape index (κ2) is 6.06. The number of nitrogens with one attached hydrogen (secondary N) is 1. The minimum Gasteiger partial charge on any atom is -0.370 e. The molecule has 0 unspecified atom stereocenters. The third-order valence-electron chi connectivity index (χ3n) is 3.39. The Balaban J connectivity index is 2.01. The van der Waals surface area contributed by atoms with Gasteiger partial charge in [-0.3, -0.25) is 0 Å². The lowest BCUT2D eigenvalue weighted by Gasteiger charge is -2.25. The van der Waals surface area contributed by atoms with Gasteiger partial charge in [0.15, 0.2) is 0 Å². The molecule has 0 saturated heterocycles. The van der Waals surface area contributed by atoms with Crippen molar-refractivity contribution in [3.63, 3.8) is 0 Å². The van der Waals surface area contributed by atoms with Crippen molar-refractivity contribution in [3.05, 3.63) is 29.8 Å². The molecule has 0 fully saturated rings. The fraction of sp³-hybridized carbons (Fsp3) is 0.600. The second-order valence-electron chi connectivity index (χ2n) is 5.18. The van der Waals surface area contributed by atoms with Crippen molar-refractivity contribution in [1.29, 1.82) is 0 Å². The molecule has 0 atom stereocenters. The zero-order valence-corrected chi connectivity index (χ0v) is 11.1. The van der Waals surface area contributed by atoms with E-state index in [0.29, 0.717) is 6.04 Å². The van der Waals surface area contributed by atoms with Crippen LogP contribution in [0.3, 0.4) is 0 Å². The van der Waals surface area contributed by atoms with E-state index in [-0.39, 0.29) is 0 Å². The highest BCUT2D eigenvalue weighted by Gasteiger charge is 2.13. The van der Waals surface area contributed by atoms with Gasteiger partial charge in [-0.05, 0) is 30.9 Å². The van der Waals surface area contributed by atoms with Crippen LogP contribution in [0.15, 0.2) is 24.3 Å². The molecule has 17 heavy (non-hydrogen) atoms. The van der Waals surface area contributed by atoms with Gasteiger partial charge in [-0.2, -0.15) is 0 Å². The summed E-state index contributed by atoms with van der Waals surface area (Å²) < 4.78 is 0. The van der Waals surface area contributed by atoms with Gasteiger partial charge < -0.3 is 10.2 Å². The number of rotatable bonds is 4. The molecule has 1 heterocycles. The molecule has 1 aliphatic rings. The molecule has 0 radical (unpaired) electrons. The van der Waals surface area contributed by atoms with Gasteiger partial charge in [-0.15, -0.1) is 0 Å². The molecule has 1 aromatic rings. The molecule has 1 aromatic carbocycles. The topological polar surface area (TPSA) is 15.3 Å². The highest BCUT2D eigenvalue weighted by molar-refractivity contribution is 5.54. The fourth-order valence-corrected chi connectivity index (χ4v) is 2.49. The van der Waals surface area contributed by atoms with Crippen molar-refractivity contribution in [2.24, 2.45) is 0 Å². The Hall–Kier alpha value is -1.02. The molecule has 2 heteroatoms. The molecule has 0 saturated carbocycles. The Bertz CT molecular complexity index is 347. The summed E-state index contributed by atoms with van der Waals surface area (Å²) in [4.78, 5) is 2.54.